The SMILES string of the molecule is CC(C)C[C@@H](CC(=O)[C@@H](CCC(=O)O)NC(=O)[C@H](CC(=O)[C@H](NC(=O)[C@@H](Cc1ccc(O)cc1)N1C[C@@H](N)CC1=O)[C@@H](C)O)C(C)C)C(=O)N[C@H](C)C(N)=O. The van der Waals surface area contributed by atoms with Gasteiger partial charge in [-0.15, -0.1) is 0 Å². The van der Waals surface area contributed by atoms with E-state index >= 15 is 0 Å². The van der Waals surface area contributed by atoms with Crippen LogP contribution in [0.3, 0.4) is 0 Å². The molecular weight excluding hydrogens is 716 g/mol. The monoisotopic (exact) mass is 774 g/mol. The van der Waals surface area contributed by atoms with Gasteiger partial charge >= 0.3 is 5.97 Å². The second-order valence-electron chi connectivity index (χ2n) is 15.3. The number of hydrogen-bond donors (Lipinski definition) is 8. The summed E-state index contributed by atoms with van der Waals surface area (Å²) < 4.78 is 0. The fourth-order valence-electron chi connectivity index (χ4n) is 6.46. The van der Waals surface area contributed by atoms with Gasteiger partial charge in [0.05, 0.1) is 12.1 Å². The summed E-state index contributed by atoms with van der Waals surface area (Å²) in [5, 5.41) is 37.4. The number of nitrogens with zero attached hydrogens (tertiary/aromatic N) is 1. The normalized spacial score (nSPS) is 18.1. The number of carbonyl (C=O) groups excluding carboxylic acids is 7. The number of carbonyl (C=O) groups is 8. The number of aliphatic hydroxyl groups is 1. The Morgan fingerprint density at radius 2 is 1.49 bits per heavy atom. The number of hydrogen-bond acceptors (Lipinski definition) is 11. The Hall–Kier alpha value is -4.90. The molecule has 0 spiro atoms. The van der Waals surface area contributed by atoms with Crippen molar-refractivity contribution in [1.82, 2.24) is 20.9 Å². The van der Waals surface area contributed by atoms with E-state index in [0.717, 1.165) is 0 Å². The number of likely N-dealkylation sites (tertiary alicyclic amines) is 1. The van der Waals surface area contributed by atoms with E-state index in [4.69, 9.17) is 11.5 Å². The lowest BCUT2D eigenvalue weighted by Crippen LogP contribution is -2.56. The van der Waals surface area contributed by atoms with E-state index in [1.807, 2.05) is 13.8 Å². The lowest BCUT2D eigenvalue weighted by Gasteiger charge is -2.31. The van der Waals surface area contributed by atoms with Crippen LogP contribution in [0.2, 0.25) is 0 Å². The summed E-state index contributed by atoms with van der Waals surface area (Å²) in [5.41, 5.74) is 11.9. The van der Waals surface area contributed by atoms with Crippen molar-refractivity contribution in [2.45, 2.75) is 123 Å². The van der Waals surface area contributed by atoms with Crippen molar-refractivity contribution in [3.05, 3.63) is 29.8 Å². The van der Waals surface area contributed by atoms with Gasteiger partial charge in [-0.2, -0.15) is 0 Å². The van der Waals surface area contributed by atoms with E-state index in [9.17, 15) is 53.7 Å². The molecule has 1 fully saturated rings. The Balaban J connectivity index is 2.30. The number of aromatic hydroxyl groups is 1. The first-order chi connectivity index (χ1) is 25.6. The lowest BCUT2D eigenvalue weighted by molar-refractivity contribution is -0.140. The number of carboxylic acid groups (broad SMARTS) is 1. The Kier molecular flexibility index (Phi) is 17.9. The van der Waals surface area contributed by atoms with Crippen molar-refractivity contribution in [1.29, 1.82) is 0 Å². The van der Waals surface area contributed by atoms with Crippen LogP contribution in [0.25, 0.3) is 0 Å². The fraction of sp³-hybridized carbons (Fsp3) is 0.632. The molecule has 17 nitrogen and oxygen atoms in total. The number of aliphatic hydroxyl groups excluding tert-OH is 1. The zero-order valence-corrected chi connectivity index (χ0v) is 32.4. The molecular formula is C38H58N6O11. The van der Waals surface area contributed by atoms with Gasteiger partial charge in [-0.05, 0) is 56.2 Å². The Morgan fingerprint density at radius 3 is 1.98 bits per heavy atom. The van der Waals surface area contributed by atoms with Crippen LogP contribution in [-0.4, -0.2) is 110 Å². The number of nitrogens with two attached hydrogens (primary N) is 2. The molecule has 0 aromatic heterocycles. The number of benzene rings is 1. The van der Waals surface area contributed by atoms with Crippen molar-refractivity contribution in [3.8, 4) is 5.75 Å². The first kappa shape index (κ1) is 46.3. The number of phenols is 1. The highest BCUT2D eigenvalue weighted by Gasteiger charge is 2.40. The third kappa shape index (κ3) is 14.7. The maximum absolute atomic E-state index is 13.8. The molecule has 2 rings (SSSR count). The van der Waals surface area contributed by atoms with Crippen LogP contribution in [0.15, 0.2) is 24.3 Å². The molecule has 10 N–H and O–H groups in total. The second-order valence-corrected chi connectivity index (χ2v) is 15.3. The lowest BCUT2D eigenvalue weighted by atomic mass is 9.86. The smallest absolute Gasteiger partial charge is 0.303 e. The summed E-state index contributed by atoms with van der Waals surface area (Å²) in [7, 11) is 0. The molecule has 0 radical (unpaired) electrons. The van der Waals surface area contributed by atoms with Gasteiger partial charge in [0, 0.05) is 56.5 Å². The molecule has 306 valence electrons. The quantitative estimate of drug-likeness (QED) is 0.0725. The first-order valence-corrected chi connectivity index (χ1v) is 18.6. The van der Waals surface area contributed by atoms with Crippen LogP contribution in [0.4, 0.5) is 0 Å². The molecule has 55 heavy (non-hydrogen) atoms. The maximum Gasteiger partial charge on any atom is 0.303 e. The second kappa shape index (κ2) is 21.3. The number of rotatable bonds is 23. The predicted molar refractivity (Wildman–Crippen MR) is 200 cm³/mol. The molecule has 0 aliphatic carbocycles. The van der Waals surface area contributed by atoms with Crippen molar-refractivity contribution in [3.63, 3.8) is 0 Å². The molecule has 5 amide bonds. The molecule has 1 aromatic carbocycles. The highest BCUT2D eigenvalue weighted by molar-refractivity contribution is 5.97. The number of amides is 5. The number of ketones is 2. The molecule has 0 unspecified atom stereocenters. The molecule has 1 saturated heterocycles. The van der Waals surface area contributed by atoms with Gasteiger partial charge in [0.15, 0.2) is 11.6 Å². The van der Waals surface area contributed by atoms with Crippen LogP contribution in [0.5, 0.6) is 5.75 Å². The summed E-state index contributed by atoms with van der Waals surface area (Å²) in [4.78, 5) is 105. The minimum atomic E-state index is -1.50. The van der Waals surface area contributed by atoms with E-state index in [1.165, 1.54) is 30.9 Å². The topological polar surface area (TPSA) is 289 Å². The van der Waals surface area contributed by atoms with Crippen LogP contribution >= 0.6 is 0 Å². The van der Waals surface area contributed by atoms with Gasteiger partial charge < -0.3 is 47.6 Å². The highest BCUT2D eigenvalue weighted by atomic mass is 16.4. The van der Waals surface area contributed by atoms with Gasteiger partial charge in [0.1, 0.15) is 23.9 Å². The number of phenolic OH excluding ortho intramolecular Hbond substituents is 1. The molecule has 1 aromatic rings. The first-order valence-electron chi connectivity index (χ1n) is 18.6. The minimum absolute atomic E-state index is 0.000410. The summed E-state index contributed by atoms with van der Waals surface area (Å²) >= 11 is 0. The van der Waals surface area contributed by atoms with Crippen LogP contribution in [0.1, 0.15) is 85.6 Å². The molecule has 17 heteroatoms. The zero-order valence-electron chi connectivity index (χ0n) is 32.4. The minimum Gasteiger partial charge on any atom is -0.508 e. The molecule has 1 heterocycles. The summed E-state index contributed by atoms with van der Waals surface area (Å²) in [6, 6.07) is 0.525. The molecule has 0 saturated carbocycles. The largest absolute Gasteiger partial charge is 0.508 e. The van der Waals surface area contributed by atoms with Crippen LogP contribution in [0, 0.1) is 23.7 Å². The van der Waals surface area contributed by atoms with Gasteiger partial charge in [0.25, 0.3) is 0 Å². The Morgan fingerprint density at radius 1 is 0.873 bits per heavy atom. The van der Waals surface area contributed by atoms with Gasteiger partial charge in [-0.3, -0.25) is 38.4 Å². The number of Topliss-reactive ketones (excluding diaryl/α,β-unsaturated/α-hetero) is 2. The van der Waals surface area contributed by atoms with E-state index in [1.54, 1.807) is 26.0 Å². The maximum atomic E-state index is 13.8. The number of primary amides is 1. The van der Waals surface area contributed by atoms with E-state index < -0.39 is 108 Å². The van der Waals surface area contributed by atoms with Gasteiger partial charge in [-0.25, -0.2) is 0 Å². The Bertz CT molecular complexity index is 1550. The molecule has 0 bridgehead atoms. The van der Waals surface area contributed by atoms with E-state index in [-0.39, 0.29) is 56.2 Å². The number of nitrogens with one attached hydrogen (secondary N) is 3. The van der Waals surface area contributed by atoms with Gasteiger partial charge in [0.2, 0.25) is 29.5 Å². The standard InChI is InChI=1S/C38H58N6O11/c1-19(2)13-24(36(53)41-21(5)35(40)52)15-30(47)28(11-12-33(50)51)42-37(54)27(20(3)4)17-31(48)34(22(6)45)43-38(55)29(44-18-25(39)16-32(44)49)14-23-7-9-26(46)10-8-23/h7-10,19-22,24-25,27-29,34,45-46H,11-18,39H2,1-6H3,(H2,40,52)(H,41,53)(H,42,54)(H,43,55)(H,50,51)/t21-,22-,24+,25+,27-,28-,29-,34-/m1/s1. The highest BCUT2D eigenvalue weighted by Crippen LogP contribution is 2.23. The van der Waals surface area contributed by atoms with Crippen molar-refractivity contribution < 1.29 is 53.7 Å². The van der Waals surface area contributed by atoms with Crippen LogP contribution in [-0.2, 0) is 44.8 Å². The van der Waals surface area contributed by atoms with Crippen LogP contribution < -0.4 is 27.4 Å². The summed E-state index contributed by atoms with van der Waals surface area (Å²) in [6.45, 7) is 9.72. The predicted octanol–water partition coefficient (Wildman–Crippen LogP) is -0.0790. The van der Waals surface area contributed by atoms with Gasteiger partial charge in [-0.1, -0.05) is 39.8 Å². The van der Waals surface area contributed by atoms with E-state index in [0.29, 0.717) is 5.56 Å². The number of aliphatic carboxylic acids is 1. The number of carboxylic acids is 1. The third-order valence-corrected chi connectivity index (χ3v) is 9.63. The molecule has 1 aliphatic heterocycles. The third-order valence-electron chi connectivity index (χ3n) is 9.63. The zero-order chi connectivity index (χ0) is 41.7. The summed E-state index contributed by atoms with van der Waals surface area (Å²) in [5.74, 6) is -8.38. The summed E-state index contributed by atoms with van der Waals surface area (Å²) in [6.07, 6.45) is -2.82. The van der Waals surface area contributed by atoms with Crippen molar-refractivity contribution >= 4 is 47.1 Å². The Labute approximate surface area is 321 Å². The fourth-order valence-corrected chi connectivity index (χ4v) is 6.46. The van der Waals surface area contributed by atoms with Crippen molar-refractivity contribution in [2.24, 2.45) is 35.1 Å². The molecule has 1 aliphatic rings. The average Bonchev–Trinajstić information content (AvgIpc) is 3.42. The van der Waals surface area contributed by atoms with E-state index in [2.05, 4.69) is 16.0 Å². The average molecular weight is 775 g/mol. The van der Waals surface area contributed by atoms with Crippen molar-refractivity contribution in [2.75, 3.05) is 6.54 Å². The molecule has 8 atom stereocenters.